The topological polar surface area (TPSA) is 42.8 Å². The molecule has 0 heterocycles. The molecule has 0 saturated carbocycles. The van der Waals surface area contributed by atoms with Crippen LogP contribution in [0, 0.1) is 5.82 Å². The Bertz CT molecular complexity index is 791. The zero-order chi connectivity index (χ0) is 20.2. The predicted octanol–water partition coefficient (Wildman–Crippen LogP) is 2.90. The fraction of sp³-hybridized carbons (Fsp3) is 0.316. The summed E-state index contributed by atoms with van der Waals surface area (Å²) in [6, 6.07) is 8.33. The van der Waals surface area contributed by atoms with Crippen molar-refractivity contribution < 1.29 is 32.0 Å². The highest BCUT2D eigenvalue weighted by Crippen LogP contribution is 2.29. The van der Waals surface area contributed by atoms with Gasteiger partial charge in [0.15, 0.2) is 17.6 Å². The van der Waals surface area contributed by atoms with E-state index in [-0.39, 0.29) is 17.3 Å². The van der Waals surface area contributed by atoms with Gasteiger partial charge in [-0.05, 0) is 49.4 Å². The average Bonchev–Trinajstić information content (AvgIpc) is 2.60. The van der Waals surface area contributed by atoms with Crippen molar-refractivity contribution in [3.05, 3.63) is 59.4 Å². The molecule has 146 valence electrons. The van der Waals surface area contributed by atoms with Gasteiger partial charge in [0.2, 0.25) is 0 Å². The minimum Gasteiger partial charge on any atom is -0.494 e. The van der Waals surface area contributed by atoms with Gasteiger partial charge in [0.05, 0.1) is 19.7 Å². The lowest BCUT2D eigenvalue weighted by atomic mass is 10.1. The number of amides is 1. The first-order chi connectivity index (χ1) is 12.6. The van der Waals surface area contributed by atoms with Crippen LogP contribution in [0.25, 0.3) is 0 Å². The van der Waals surface area contributed by atoms with Crippen LogP contribution in [-0.2, 0) is 17.5 Å². The highest BCUT2D eigenvalue weighted by atomic mass is 19.4. The molecule has 2 atom stereocenters. The van der Waals surface area contributed by atoms with Crippen LogP contribution in [0.2, 0.25) is 0 Å². The molecule has 0 aliphatic heterocycles. The van der Waals surface area contributed by atoms with Gasteiger partial charge in [0, 0.05) is 11.3 Å². The van der Waals surface area contributed by atoms with Crippen molar-refractivity contribution in [2.24, 2.45) is 0 Å². The highest BCUT2D eigenvalue weighted by molar-refractivity contribution is 5.93. The quantitative estimate of drug-likeness (QED) is 0.751. The van der Waals surface area contributed by atoms with Crippen molar-refractivity contribution in [1.29, 1.82) is 0 Å². The van der Waals surface area contributed by atoms with E-state index in [1.165, 1.54) is 31.4 Å². The Hall–Kier alpha value is -2.61. The summed E-state index contributed by atoms with van der Waals surface area (Å²) in [4.78, 5) is 13.1. The first kappa shape index (κ1) is 20.7. The molecule has 4 nitrogen and oxygen atoms in total. The van der Waals surface area contributed by atoms with Crippen LogP contribution in [0.4, 0.5) is 23.2 Å². The maximum Gasteiger partial charge on any atom is 0.416 e. The Morgan fingerprint density at radius 2 is 1.81 bits per heavy atom. The second-order valence-corrected chi connectivity index (χ2v) is 6.28. The molecule has 0 radical (unpaired) electrons. The molecule has 0 aromatic heterocycles. The number of ether oxygens (including phenoxy) is 1. The number of anilines is 1. The summed E-state index contributed by atoms with van der Waals surface area (Å²) < 4.78 is 56.4. The Kier molecular flexibility index (Phi) is 6.43. The maximum absolute atomic E-state index is 13.8. The number of halogens is 4. The van der Waals surface area contributed by atoms with E-state index in [1.807, 2.05) is 0 Å². The highest BCUT2D eigenvalue weighted by Gasteiger charge is 2.30. The zero-order valence-corrected chi connectivity index (χ0v) is 15.2. The third kappa shape index (κ3) is 5.43. The number of quaternary nitrogens is 1. The maximum atomic E-state index is 13.8. The predicted molar refractivity (Wildman–Crippen MR) is 93.1 cm³/mol. The molecular weight excluding hydrogens is 364 g/mol. The van der Waals surface area contributed by atoms with Gasteiger partial charge in [-0.3, -0.25) is 4.79 Å². The van der Waals surface area contributed by atoms with Gasteiger partial charge in [-0.1, -0.05) is 0 Å². The van der Waals surface area contributed by atoms with Gasteiger partial charge >= 0.3 is 6.18 Å². The van der Waals surface area contributed by atoms with Crippen LogP contribution in [0.15, 0.2) is 42.5 Å². The normalized spacial score (nSPS) is 13.7. The monoisotopic (exact) mass is 385 g/mol. The van der Waals surface area contributed by atoms with E-state index in [0.29, 0.717) is 12.1 Å². The van der Waals surface area contributed by atoms with Crippen LogP contribution in [0.1, 0.15) is 18.1 Å². The summed E-state index contributed by atoms with van der Waals surface area (Å²) in [5.41, 5.74) is 0.195. The van der Waals surface area contributed by atoms with E-state index in [2.05, 4.69) is 5.32 Å². The number of hydrogen-bond donors (Lipinski definition) is 2. The van der Waals surface area contributed by atoms with E-state index >= 15 is 0 Å². The van der Waals surface area contributed by atoms with Gasteiger partial charge in [0.1, 0.15) is 6.54 Å². The van der Waals surface area contributed by atoms with E-state index < -0.39 is 23.6 Å². The molecule has 2 aromatic rings. The minimum atomic E-state index is -4.42. The van der Waals surface area contributed by atoms with E-state index in [9.17, 15) is 22.4 Å². The Balaban J connectivity index is 1.98. The van der Waals surface area contributed by atoms with Gasteiger partial charge in [0.25, 0.3) is 5.91 Å². The molecule has 1 amide bonds. The first-order valence-electron chi connectivity index (χ1n) is 8.24. The van der Waals surface area contributed by atoms with Gasteiger partial charge < -0.3 is 15.0 Å². The van der Waals surface area contributed by atoms with Crippen LogP contribution >= 0.6 is 0 Å². The summed E-state index contributed by atoms with van der Waals surface area (Å²) in [6.07, 6.45) is -4.42. The smallest absolute Gasteiger partial charge is 0.416 e. The van der Waals surface area contributed by atoms with Crippen LogP contribution in [-0.4, -0.2) is 26.1 Å². The average molecular weight is 385 g/mol. The second kappa shape index (κ2) is 8.39. The summed E-state index contributed by atoms with van der Waals surface area (Å²) >= 11 is 0. The summed E-state index contributed by atoms with van der Waals surface area (Å²) in [7, 11) is 3.16. The summed E-state index contributed by atoms with van der Waals surface area (Å²) in [6.45, 7) is 2.08. The number of carbonyl (C=O) groups is 1. The molecule has 8 heteroatoms. The number of methoxy groups -OCH3 is 1. The molecule has 0 fully saturated rings. The summed E-state index contributed by atoms with van der Waals surface area (Å²) in [5.74, 6) is -0.685. The lowest BCUT2D eigenvalue weighted by Crippen LogP contribution is -3.12. The number of rotatable bonds is 6. The van der Waals surface area contributed by atoms with Crippen LogP contribution < -0.4 is 15.0 Å². The number of benzene rings is 2. The molecular formula is C19H21F4N2O2+. The van der Waals surface area contributed by atoms with Crippen molar-refractivity contribution in [2.75, 3.05) is 19.5 Å². The lowest BCUT2D eigenvalue weighted by Gasteiger charge is -2.21. The molecule has 27 heavy (non-hydrogen) atoms. The second-order valence-electron chi connectivity index (χ2n) is 6.28. The molecule has 0 aliphatic rings. The fourth-order valence-electron chi connectivity index (χ4n) is 2.51. The molecule has 2 N–H and O–H groups in total. The van der Waals surface area contributed by atoms with E-state index in [1.54, 1.807) is 20.0 Å². The number of hydrogen-bond acceptors (Lipinski definition) is 2. The van der Waals surface area contributed by atoms with Crippen LogP contribution in [0.5, 0.6) is 5.75 Å². The van der Waals surface area contributed by atoms with Gasteiger partial charge in [-0.25, -0.2) is 4.39 Å². The zero-order valence-electron chi connectivity index (χ0n) is 15.2. The van der Waals surface area contributed by atoms with Crippen molar-refractivity contribution in [1.82, 2.24) is 0 Å². The summed E-state index contributed by atoms with van der Waals surface area (Å²) in [5, 5.41) is 2.60. The third-order valence-corrected chi connectivity index (χ3v) is 4.31. The van der Waals surface area contributed by atoms with E-state index in [0.717, 1.165) is 17.0 Å². The van der Waals surface area contributed by atoms with E-state index in [4.69, 9.17) is 4.74 Å². The number of carbonyl (C=O) groups excluding carboxylic acids is 1. The van der Waals surface area contributed by atoms with Crippen molar-refractivity contribution in [2.45, 2.75) is 25.7 Å². The van der Waals surface area contributed by atoms with Crippen molar-refractivity contribution >= 4 is 11.6 Å². The minimum absolute atomic E-state index is 0.143. The number of alkyl halides is 3. The molecule has 0 spiro atoms. The largest absolute Gasteiger partial charge is 0.494 e. The Morgan fingerprint density at radius 3 is 2.33 bits per heavy atom. The number of nitrogens with one attached hydrogen (secondary N) is 2. The van der Waals surface area contributed by atoms with Crippen molar-refractivity contribution in [3.8, 4) is 5.75 Å². The van der Waals surface area contributed by atoms with Crippen LogP contribution in [0.3, 0.4) is 0 Å². The molecule has 0 bridgehead atoms. The first-order valence-corrected chi connectivity index (χ1v) is 8.24. The standard InChI is InChI=1S/C19H20F4N2O2/c1-12(25(2)11-13-4-9-17(27-3)16(20)10-13)18(26)24-15-7-5-14(6-8-15)19(21,22)23/h4-10,12H,11H2,1-3H3,(H,24,26)/p+1/t12-/m0/s1. The molecule has 1 unspecified atom stereocenters. The van der Waals surface area contributed by atoms with Crippen molar-refractivity contribution in [3.63, 3.8) is 0 Å². The fourth-order valence-corrected chi connectivity index (χ4v) is 2.51. The Labute approximate surface area is 154 Å². The molecule has 0 aliphatic carbocycles. The number of likely N-dealkylation sites (N-methyl/N-ethyl adjacent to an activating group) is 1. The molecule has 0 saturated heterocycles. The SMILES string of the molecule is COc1ccc(C[NH+](C)[C@@H](C)C(=O)Nc2ccc(C(F)(F)F)cc2)cc1F. The lowest BCUT2D eigenvalue weighted by molar-refractivity contribution is -0.907. The molecule has 2 aromatic carbocycles. The molecule has 2 rings (SSSR count). The van der Waals surface area contributed by atoms with Gasteiger partial charge in [-0.15, -0.1) is 0 Å². The Morgan fingerprint density at radius 1 is 1.19 bits per heavy atom. The third-order valence-electron chi connectivity index (χ3n) is 4.31. The van der Waals surface area contributed by atoms with Gasteiger partial charge in [-0.2, -0.15) is 13.2 Å².